The summed E-state index contributed by atoms with van der Waals surface area (Å²) in [5.74, 6) is 1.94. The molecule has 0 heterocycles. The minimum atomic E-state index is -0.404. The van der Waals surface area contributed by atoms with E-state index in [0.717, 1.165) is 38.5 Å². The number of aliphatic hydroxyl groups excluding tert-OH is 2. The monoisotopic (exact) mass is 364 g/mol. The van der Waals surface area contributed by atoms with Crippen LogP contribution in [0.4, 0.5) is 0 Å². The number of hydrogen-bond donors (Lipinski definition) is 2. The second kappa shape index (κ2) is 6.56. The van der Waals surface area contributed by atoms with Crippen LogP contribution in [0.1, 0.15) is 72.1 Å². The van der Waals surface area contributed by atoms with Gasteiger partial charge in [-0.15, -0.1) is 0 Å². The fourth-order valence-electron chi connectivity index (χ4n) is 7.59. The van der Waals surface area contributed by atoms with Gasteiger partial charge in [-0.3, -0.25) is 4.79 Å². The van der Waals surface area contributed by atoms with Gasteiger partial charge in [0.2, 0.25) is 0 Å². The summed E-state index contributed by atoms with van der Waals surface area (Å²) in [7, 11) is 0. The van der Waals surface area contributed by atoms with Crippen LogP contribution in [0.3, 0.4) is 0 Å². The third kappa shape index (κ3) is 2.62. The van der Waals surface area contributed by atoms with E-state index >= 15 is 0 Å². The van der Waals surface area contributed by atoms with Crippen molar-refractivity contribution in [3.63, 3.8) is 0 Å². The first-order valence-corrected chi connectivity index (χ1v) is 10.8. The van der Waals surface area contributed by atoms with Gasteiger partial charge in [0, 0.05) is 18.4 Å². The summed E-state index contributed by atoms with van der Waals surface area (Å²) in [5, 5.41) is 21.8. The predicted octanol–water partition coefficient (Wildman–Crippen LogP) is 3.34. The SMILES string of the molecule is CCCO[C@H]1C[C@@]2(C)[C@@H](CC[C@@H]3[C@@H]2[C@@H](O)C[C@]2(C)C(=O)CC[C@@H]32)C[C@@H]1O. The van der Waals surface area contributed by atoms with E-state index < -0.39 is 6.10 Å². The Labute approximate surface area is 157 Å². The maximum atomic E-state index is 12.6. The highest BCUT2D eigenvalue weighted by Gasteiger charge is 2.64. The molecule has 4 rings (SSSR count). The van der Waals surface area contributed by atoms with Crippen LogP contribution in [0.2, 0.25) is 0 Å². The lowest BCUT2D eigenvalue weighted by Gasteiger charge is -2.62. The number of carbonyl (C=O) groups excluding carboxylic acids is 1. The van der Waals surface area contributed by atoms with Gasteiger partial charge in [0.05, 0.1) is 18.3 Å². The second-order valence-corrected chi connectivity index (χ2v) is 10.1. The molecule has 4 nitrogen and oxygen atoms in total. The molecule has 9 atom stereocenters. The zero-order valence-electron chi connectivity index (χ0n) is 16.6. The molecule has 0 aromatic heterocycles. The van der Waals surface area contributed by atoms with E-state index in [4.69, 9.17) is 4.74 Å². The molecular weight excluding hydrogens is 328 g/mol. The standard InChI is InChI=1S/C22H36O4/c1-4-9-26-18-12-21(2)13(10-16(18)23)5-6-14-15-7-8-19(25)22(15,3)11-17(24)20(14)21/h13-18,20,23-24H,4-12H2,1-3H3/t13-,14-,15-,16-,17-,18-,20+,21-,22-/m0/s1. The molecule has 4 saturated carbocycles. The lowest BCUT2D eigenvalue weighted by molar-refractivity contribution is -0.200. The van der Waals surface area contributed by atoms with Crippen molar-refractivity contribution in [1.29, 1.82) is 0 Å². The summed E-state index contributed by atoms with van der Waals surface area (Å²) in [4.78, 5) is 12.6. The second-order valence-electron chi connectivity index (χ2n) is 10.1. The molecule has 4 fully saturated rings. The highest BCUT2D eigenvalue weighted by Crippen LogP contribution is 2.65. The molecule has 0 spiro atoms. The average Bonchev–Trinajstić information content (AvgIpc) is 2.88. The van der Waals surface area contributed by atoms with Crippen molar-refractivity contribution in [3.8, 4) is 0 Å². The number of ether oxygens (including phenoxy) is 1. The normalized spacial score (nSPS) is 53.7. The molecule has 0 radical (unpaired) electrons. The highest BCUT2D eigenvalue weighted by atomic mass is 16.5. The maximum absolute atomic E-state index is 12.6. The Morgan fingerprint density at radius 3 is 2.62 bits per heavy atom. The first-order valence-electron chi connectivity index (χ1n) is 10.8. The summed E-state index contributed by atoms with van der Waals surface area (Å²) in [6.45, 7) is 7.23. The quantitative estimate of drug-likeness (QED) is 0.806. The van der Waals surface area contributed by atoms with Crippen LogP contribution in [0.25, 0.3) is 0 Å². The molecule has 4 aliphatic carbocycles. The molecule has 4 aliphatic rings. The van der Waals surface area contributed by atoms with E-state index in [0.29, 0.717) is 43.0 Å². The van der Waals surface area contributed by atoms with Crippen molar-refractivity contribution in [1.82, 2.24) is 0 Å². The molecule has 0 aromatic carbocycles. The van der Waals surface area contributed by atoms with E-state index in [9.17, 15) is 15.0 Å². The Hall–Kier alpha value is -0.450. The van der Waals surface area contributed by atoms with Crippen molar-refractivity contribution < 1.29 is 19.7 Å². The van der Waals surface area contributed by atoms with Gasteiger partial charge >= 0.3 is 0 Å². The summed E-state index contributed by atoms with van der Waals surface area (Å²) in [6, 6.07) is 0. The van der Waals surface area contributed by atoms with E-state index in [1.54, 1.807) is 0 Å². The summed E-state index contributed by atoms with van der Waals surface area (Å²) in [5.41, 5.74) is -0.303. The molecule has 0 aromatic rings. The topological polar surface area (TPSA) is 66.8 Å². The highest BCUT2D eigenvalue weighted by molar-refractivity contribution is 5.87. The van der Waals surface area contributed by atoms with Crippen molar-refractivity contribution in [2.45, 2.75) is 90.4 Å². The van der Waals surface area contributed by atoms with Gasteiger partial charge in [0.25, 0.3) is 0 Å². The summed E-state index contributed by atoms with van der Waals surface area (Å²) in [6.07, 6.45) is 6.24. The van der Waals surface area contributed by atoms with Crippen LogP contribution in [0.5, 0.6) is 0 Å². The average molecular weight is 365 g/mol. The third-order valence-corrected chi connectivity index (χ3v) is 8.84. The smallest absolute Gasteiger partial charge is 0.139 e. The van der Waals surface area contributed by atoms with Crippen LogP contribution in [0, 0.1) is 34.5 Å². The minimum absolute atomic E-state index is 0.00688. The van der Waals surface area contributed by atoms with Gasteiger partial charge in [-0.25, -0.2) is 0 Å². The Kier molecular flexibility index (Phi) is 4.77. The van der Waals surface area contributed by atoms with Gasteiger partial charge in [-0.2, -0.15) is 0 Å². The van der Waals surface area contributed by atoms with Gasteiger partial charge in [0.1, 0.15) is 5.78 Å². The number of hydrogen-bond acceptors (Lipinski definition) is 4. The Balaban J connectivity index is 1.63. The van der Waals surface area contributed by atoms with Gasteiger partial charge < -0.3 is 14.9 Å². The largest absolute Gasteiger partial charge is 0.393 e. The Morgan fingerprint density at radius 2 is 1.88 bits per heavy atom. The molecule has 148 valence electrons. The van der Waals surface area contributed by atoms with E-state index in [1.807, 2.05) is 0 Å². The van der Waals surface area contributed by atoms with Crippen LogP contribution < -0.4 is 0 Å². The number of rotatable bonds is 3. The molecule has 26 heavy (non-hydrogen) atoms. The number of aliphatic hydroxyl groups is 2. The molecule has 0 unspecified atom stereocenters. The Bertz CT molecular complexity index is 562. The van der Waals surface area contributed by atoms with Crippen molar-refractivity contribution in [3.05, 3.63) is 0 Å². The lowest BCUT2D eigenvalue weighted by atomic mass is 9.44. The zero-order chi connectivity index (χ0) is 18.7. The van der Waals surface area contributed by atoms with E-state index in [1.165, 1.54) is 0 Å². The zero-order valence-corrected chi connectivity index (χ0v) is 16.6. The summed E-state index contributed by atoms with van der Waals surface area (Å²) >= 11 is 0. The maximum Gasteiger partial charge on any atom is 0.139 e. The molecule has 4 heteroatoms. The van der Waals surface area contributed by atoms with Crippen LogP contribution in [0.15, 0.2) is 0 Å². The van der Waals surface area contributed by atoms with Crippen LogP contribution >= 0.6 is 0 Å². The van der Waals surface area contributed by atoms with Gasteiger partial charge in [-0.1, -0.05) is 20.8 Å². The van der Waals surface area contributed by atoms with Gasteiger partial charge in [0.15, 0.2) is 0 Å². The third-order valence-electron chi connectivity index (χ3n) is 8.84. The number of Topliss-reactive ketones (excluding diaryl/α,β-unsaturated/α-hetero) is 1. The summed E-state index contributed by atoms with van der Waals surface area (Å²) < 4.78 is 6.01. The van der Waals surface area contributed by atoms with Crippen LogP contribution in [-0.2, 0) is 9.53 Å². The molecule has 0 amide bonds. The number of fused-ring (bicyclic) bond motifs is 5. The predicted molar refractivity (Wildman–Crippen MR) is 99.5 cm³/mol. The Morgan fingerprint density at radius 1 is 1.12 bits per heavy atom. The fraction of sp³-hybridized carbons (Fsp3) is 0.955. The fourth-order valence-corrected chi connectivity index (χ4v) is 7.59. The molecule has 0 saturated heterocycles. The first-order chi connectivity index (χ1) is 12.3. The van der Waals surface area contributed by atoms with E-state index in [-0.39, 0.29) is 29.0 Å². The van der Waals surface area contributed by atoms with Gasteiger partial charge in [-0.05, 0) is 74.0 Å². The van der Waals surface area contributed by atoms with Crippen molar-refractivity contribution in [2.75, 3.05) is 6.61 Å². The molecule has 0 aliphatic heterocycles. The first kappa shape index (κ1) is 18.9. The molecular formula is C22H36O4. The van der Waals surface area contributed by atoms with E-state index in [2.05, 4.69) is 20.8 Å². The number of carbonyl (C=O) groups is 1. The lowest BCUT2D eigenvalue weighted by Crippen LogP contribution is -2.61. The van der Waals surface area contributed by atoms with Crippen molar-refractivity contribution >= 4 is 5.78 Å². The van der Waals surface area contributed by atoms with Crippen molar-refractivity contribution in [2.24, 2.45) is 34.5 Å². The number of ketones is 1. The molecule has 2 N–H and O–H groups in total. The van der Waals surface area contributed by atoms with Crippen LogP contribution in [-0.4, -0.2) is 40.9 Å². The minimum Gasteiger partial charge on any atom is -0.393 e. The molecule has 0 bridgehead atoms.